The third-order valence-electron chi connectivity index (χ3n) is 2.61. The predicted octanol–water partition coefficient (Wildman–Crippen LogP) is 1.91. The summed E-state index contributed by atoms with van der Waals surface area (Å²) in [6, 6.07) is 0. The number of aromatic hydroxyl groups is 1. The van der Waals surface area contributed by atoms with Gasteiger partial charge in [-0.25, -0.2) is 4.79 Å². The first-order valence-electron chi connectivity index (χ1n) is 5.89. The molecule has 0 spiro atoms. The van der Waals surface area contributed by atoms with Crippen LogP contribution in [0.15, 0.2) is 12.2 Å². The highest BCUT2D eigenvalue weighted by Gasteiger charge is 2.30. The second kappa shape index (κ2) is 6.74. The average Bonchev–Trinajstić information content (AvgIpc) is 2.47. The largest absolute Gasteiger partial charge is 0.501 e. The number of ether oxygens (including phenoxy) is 5. The summed E-state index contributed by atoms with van der Waals surface area (Å²) in [4.78, 5) is 11.8. The van der Waals surface area contributed by atoms with Crippen molar-refractivity contribution < 1.29 is 33.6 Å². The lowest BCUT2D eigenvalue weighted by atomic mass is 10.2. The Labute approximate surface area is 122 Å². The van der Waals surface area contributed by atoms with Gasteiger partial charge >= 0.3 is 5.97 Å². The summed E-state index contributed by atoms with van der Waals surface area (Å²) >= 11 is 0. The number of methoxy groups -OCH3 is 4. The lowest BCUT2D eigenvalue weighted by Crippen LogP contribution is -2.11. The molecule has 0 fully saturated rings. The van der Waals surface area contributed by atoms with Crippen LogP contribution in [0.25, 0.3) is 0 Å². The molecule has 0 aliphatic rings. The van der Waals surface area contributed by atoms with Gasteiger partial charge in [0.15, 0.2) is 0 Å². The monoisotopic (exact) mass is 298 g/mol. The molecular formula is C14H18O7. The van der Waals surface area contributed by atoms with Crippen LogP contribution in [0.1, 0.15) is 6.92 Å². The molecule has 0 amide bonds. The highest BCUT2D eigenvalue weighted by atomic mass is 16.6. The molecule has 21 heavy (non-hydrogen) atoms. The van der Waals surface area contributed by atoms with Crippen LogP contribution in [-0.4, -0.2) is 39.5 Å². The Morgan fingerprint density at radius 1 is 0.857 bits per heavy atom. The van der Waals surface area contributed by atoms with Crippen molar-refractivity contribution in [1.82, 2.24) is 0 Å². The van der Waals surface area contributed by atoms with E-state index < -0.39 is 5.97 Å². The van der Waals surface area contributed by atoms with Gasteiger partial charge in [0.1, 0.15) is 0 Å². The minimum atomic E-state index is -0.679. The molecule has 0 aliphatic carbocycles. The fourth-order valence-electron chi connectivity index (χ4n) is 1.65. The Kier molecular flexibility index (Phi) is 5.29. The number of esters is 1. The fraction of sp³-hybridized carbons (Fsp3) is 0.357. The molecule has 0 aromatic heterocycles. The normalized spacial score (nSPS) is 9.76. The van der Waals surface area contributed by atoms with Gasteiger partial charge in [-0.05, 0) is 6.92 Å². The van der Waals surface area contributed by atoms with Gasteiger partial charge in [0, 0.05) is 5.57 Å². The number of benzene rings is 1. The van der Waals surface area contributed by atoms with Crippen LogP contribution in [0.4, 0.5) is 0 Å². The third-order valence-corrected chi connectivity index (χ3v) is 2.61. The van der Waals surface area contributed by atoms with Crippen molar-refractivity contribution >= 4 is 5.97 Å². The molecule has 0 radical (unpaired) electrons. The summed E-state index contributed by atoms with van der Waals surface area (Å²) in [5.74, 6) is -1.16. The van der Waals surface area contributed by atoms with Gasteiger partial charge in [-0.15, -0.1) is 0 Å². The maximum atomic E-state index is 11.8. The predicted molar refractivity (Wildman–Crippen MR) is 74.8 cm³/mol. The van der Waals surface area contributed by atoms with E-state index in [0.29, 0.717) is 0 Å². The molecule has 7 heteroatoms. The molecule has 0 saturated heterocycles. The Morgan fingerprint density at radius 3 is 1.52 bits per heavy atom. The lowest BCUT2D eigenvalue weighted by Gasteiger charge is -2.19. The molecule has 0 atom stereocenters. The second-order valence-electron chi connectivity index (χ2n) is 3.98. The number of hydrogen-bond donors (Lipinski definition) is 1. The Bertz CT molecular complexity index is 530. The molecular weight excluding hydrogens is 280 g/mol. The van der Waals surface area contributed by atoms with Crippen LogP contribution in [0.3, 0.4) is 0 Å². The van der Waals surface area contributed by atoms with Gasteiger partial charge in [-0.3, -0.25) is 0 Å². The Balaban J connectivity index is 3.64. The molecule has 1 aromatic rings. The summed E-state index contributed by atoms with van der Waals surface area (Å²) in [7, 11) is 5.32. The van der Waals surface area contributed by atoms with Crippen molar-refractivity contribution in [2.24, 2.45) is 0 Å². The van der Waals surface area contributed by atoms with Crippen molar-refractivity contribution in [2.75, 3.05) is 28.4 Å². The first-order chi connectivity index (χ1) is 9.92. The minimum Gasteiger partial charge on any atom is -0.501 e. The molecule has 1 aromatic carbocycles. The maximum absolute atomic E-state index is 11.8. The minimum absolute atomic E-state index is 0.00208. The van der Waals surface area contributed by atoms with Gasteiger partial charge in [0.25, 0.3) is 0 Å². The van der Waals surface area contributed by atoms with Crippen LogP contribution in [0.2, 0.25) is 0 Å². The van der Waals surface area contributed by atoms with E-state index in [1.807, 2.05) is 0 Å². The quantitative estimate of drug-likeness (QED) is 0.488. The van der Waals surface area contributed by atoms with Gasteiger partial charge in [0.05, 0.1) is 28.4 Å². The molecule has 0 heterocycles. The van der Waals surface area contributed by atoms with E-state index in [2.05, 4.69) is 6.58 Å². The fourth-order valence-corrected chi connectivity index (χ4v) is 1.65. The van der Waals surface area contributed by atoms with E-state index in [1.165, 1.54) is 35.4 Å². The number of carbonyl (C=O) groups excluding carboxylic acids is 1. The summed E-state index contributed by atoms with van der Waals surface area (Å²) in [5.41, 5.74) is 0.185. The molecule has 0 bridgehead atoms. The van der Waals surface area contributed by atoms with Crippen molar-refractivity contribution in [1.29, 1.82) is 0 Å². The molecule has 116 valence electrons. The zero-order valence-corrected chi connectivity index (χ0v) is 12.6. The number of phenolic OH excluding ortho intramolecular Hbond substituents is 1. The van der Waals surface area contributed by atoms with E-state index in [0.717, 1.165) is 0 Å². The van der Waals surface area contributed by atoms with Crippen LogP contribution in [0.5, 0.6) is 34.5 Å². The lowest BCUT2D eigenvalue weighted by molar-refractivity contribution is -0.130. The van der Waals surface area contributed by atoms with E-state index in [9.17, 15) is 9.90 Å². The third kappa shape index (κ3) is 2.96. The number of hydrogen-bond acceptors (Lipinski definition) is 7. The highest BCUT2D eigenvalue weighted by molar-refractivity contribution is 5.90. The summed E-state index contributed by atoms with van der Waals surface area (Å²) in [6.07, 6.45) is 0. The summed E-state index contributed by atoms with van der Waals surface area (Å²) in [6.45, 7) is 4.99. The van der Waals surface area contributed by atoms with E-state index in [-0.39, 0.29) is 40.1 Å². The average molecular weight is 298 g/mol. The highest BCUT2D eigenvalue weighted by Crippen LogP contribution is 2.57. The summed E-state index contributed by atoms with van der Waals surface area (Å²) in [5, 5.41) is 10.1. The summed E-state index contributed by atoms with van der Waals surface area (Å²) < 4.78 is 25.6. The van der Waals surface area contributed by atoms with E-state index in [4.69, 9.17) is 23.7 Å². The zero-order valence-electron chi connectivity index (χ0n) is 12.6. The van der Waals surface area contributed by atoms with Gasteiger partial charge < -0.3 is 28.8 Å². The molecule has 0 saturated carbocycles. The van der Waals surface area contributed by atoms with E-state index in [1.54, 1.807) is 0 Å². The molecule has 0 aliphatic heterocycles. The van der Waals surface area contributed by atoms with Gasteiger partial charge in [-0.1, -0.05) is 6.58 Å². The maximum Gasteiger partial charge on any atom is 0.338 e. The Hall–Kier alpha value is -2.57. The number of rotatable bonds is 6. The zero-order chi connectivity index (χ0) is 16.2. The van der Waals surface area contributed by atoms with Gasteiger partial charge in [-0.2, -0.15) is 0 Å². The standard InChI is InChI=1S/C14H18O7/c1-7(2)14(16)21-13-11(19-5)9(17-3)8(15)10(18-4)12(13)20-6/h15H,1H2,2-6H3. The first-order valence-corrected chi connectivity index (χ1v) is 5.89. The van der Waals surface area contributed by atoms with E-state index >= 15 is 0 Å². The molecule has 7 nitrogen and oxygen atoms in total. The van der Waals surface area contributed by atoms with Gasteiger partial charge in [0.2, 0.25) is 34.5 Å². The SMILES string of the molecule is C=C(C)C(=O)Oc1c(OC)c(OC)c(O)c(OC)c1OC. The molecule has 1 N–H and O–H groups in total. The first kappa shape index (κ1) is 16.5. The van der Waals surface area contributed by atoms with Crippen LogP contribution in [-0.2, 0) is 4.79 Å². The van der Waals surface area contributed by atoms with Crippen LogP contribution in [0, 0.1) is 0 Å². The van der Waals surface area contributed by atoms with Crippen molar-refractivity contribution in [3.63, 3.8) is 0 Å². The van der Waals surface area contributed by atoms with Crippen molar-refractivity contribution in [3.8, 4) is 34.5 Å². The Morgan fingerprint density at radius 2 is 1.24 bits per heavy atom. The molecule has 0 unspecified atom stereocenters. The number of carbonyl (C=O) groups is 1. The second-order valence-corrected chi connectivity index (χ2v) is 3.98. The number of phenols is 1. The van der Waals surface area contributed by atoms with Crippen LogP contribution >= 0.6 is 0 Å². The topological polar surface area (TPSA) is 83.5 Å². The van der Waals surface area contributed by atoms with Crippen LogP contribution < -0.4 is 23.7 Å². The van der Waals surface area contributed by atoms with Crippen molar-refractivity contribution in [2.45, 2.75) is 6.92 Å². The van der Waals surface area contributed by atoms with Crippen molar-refractivity contribution in [3.05, 3.63) is 12.2 Å². The smallest absolute Gasteiger partial charge is 0.338 e. The molecule has 1 rings (SSSR count).